The van der Waals surface area contributed by atoms with Gasteiger partial charge in [-0.05, 0) is 0 Å². The molecule has 0 aliphatic heterocycles. The summed E-state index contributed by atoms with van der Waals surface area (Å²) in [4.78, 5) is 10.4. The number of hydrogen-bond acceptors (Lipinski definition) is 5. The van der Waals surface area contributed by atoms with Gasteiger partial charge in [0.1, 0.15) is 0 Å². The largest absolute Gasteiger partial charge is 0.481 e. The first kappa shape index (κ1) is 16.3. The lowest BCUT2D eigenvalue weighted by molar-refractivity contribution is -0.136. The van der Waals surface area contributed by atoms with E-state index < -0.39 is 28.2 Å². The van der Waals surface area contributed by atoms with E-state index in [-0.39, 0.29) is 26.3 Å². The Balaban J connectivity index is 4.45. The molecule has 0 heterocycles. The molecule has 0 rings (SSSR count). The summed E-state index contributed by atoms with van der Waals surface area (Å²) in [5.74, 6) is -1.54. The Morgan fingerprint density at radius 1 is 1.18 bits per heavy atom. The third kappa shape index (κ3) is 7.27. The maximum atomic E-state index is 11.8. The van der Waals surface area contributed by atoms with Crippen molar-refractivity contribution < 1.29 is 27.8 Å². The van der Waals surface area contributed by atoms with Gasteiger partial charge in [0.15, 0.2) is 0 Å². The van der Waals surface area contributed by atoms with Crippen LogP contribution in [0.3, 0.4) is 0 Å². The first-order chi connectivity index (χ1) is 7.94. The van der Waals surface area contributed by atoms with Gasteiger partial charge < -0.3 is 14.6 Å². The van der Waals surface area contributed by atoms with E-state index in [1.165, 1.54) is 18.5 Å². The van der Waals surface area contributed by atoms with E-state index in [1.54, 1.807) is 0 Å². The monoisotopic (exact) mass is 269 g/mol. The van der Waals surface area contributed by atoms with Crippen molar-refractivity contribution in [2.45, 2.75) is 6.42 Å². The first-order valence-electron chi connectivity index (χ1n) is 5.11. The van der Waals surface area contributed by atoms with E-state index in [4.69, 9.17) is 14.6 Å². The molecule has 7 nitrogen and oxygen atoms in total. The number of methoxy groups -OCH3 is 2. The van der Waals surface area contributed by atoms with E-state index in [9.17, 15) is 13.2 Å². The molecule has 0 saturated carbocycles. The number of carbonyl (C=O) groups is 1. The number of carboxylic acid groups (broad SMARTS) is 1. The predicted octanol–water partition coefficient (Wildman–Crippen LogP) is -0.614. The lowest BCUT2D eigenvalue weighted by atomic mass is 10.5. The highest BCUT2D eigenvalue weighted by molar-refractivity contribution is 7.89. The van der Waals surface area contributed by atoms with E-state index in [1.807, 2.05) is 0 Å². The summed E-state index contributed by atoms with van der Waals surface area (Å²) >= 11 is 0. The van der Waals surface area contributed by atoms with Crippen LogP contribution in [0.25, 0.3) is 0 Å². The second-order valence-corrected chi connectivity index (χ2v) is 5.43. The lowest BCUT2D eigenvalue weighted by Crippen LogP contribution is -2.38. The average molecular weight is 269 g/mol. The predicted molar refractivity (Wildman–Crippen MR) is 61.4 cm³/mol. The first-order valence-corrected chi connectivity index (χ1v) is 6.72. The molecular weight excluding hydrogens is 250 g/mol. The van der Waals surface area contributed by atoms with Crippen LogP contribution in [0.15, 0.2) is 0 Å². The highest BCUT2D eigenvalue weighted by atomic mass is 32.2. The highest BCUT2D eigenvalue weighted by Crippen LogP contribution is 2.03. The molecule has 8 heteroatoms. The van der Waals surface area contributed by atoms with Crippen LogP contribution in [0.4, 0.5) is 0 Å². The third-order valence-electron chi connectivity index (χ3n) is 2.06. The standard InChI is InChI=1S/C9H19NO6S/c1-15-6-4-10(5-7-16-2)17(13,14)8-3-9(11)12/h3-8H2,1-2H3,(H,11,12). The summed E-state index contributed by atoms with van der Waals surface area (Å²) in [5.41, 5.74) is 0. The number of carboxylic acids is 1. The van der Waals surface area contributed by atoms with Crippen LogP contribution in [0.1, 0.15) is 6.42 Å². The van der Waals surface area contributed by atoms with Gasteiger partial charge in [-0.2, -0.15) is 4.31 Å². The molecule has 0 aliphatic carbocycles. The maximum Gasteiger partial charge on any atom is 0.304 e. The van der Waals surface area contributed by atoms with Gasteiger partial charge in [0.2, 0.25) is 10.0 Å². The quantitative estimate of drug-likeness (QED) is 0.568. The van der Waals surface area contributed by atoms with Gasteiger partial charge in [-0.15, -0.1) is 0 Å². The van der Waals surface area contributed by atoms with Crippen molar-refractivity contribution in [3.63, 3.8) is 0 Å². The Labute approximate surface area is 101 Å². The molecule has 0 amide bonds. The number of sulfonamides is 1. The molecule has 102 valence electrons. The van der Waals surface area contributed by atoms with Crippen LogP contribution in [-0.4, -0.2) is 70.1 Å². The Bertz CT molecular complexity index is 307. The number of aliphatic carboxylic acids is 1. The Morgan fingerprint density at radius 3 is 2.00 bits per heavy atom. The third-order valence-corrected chi connectivity index (χ3v) is 3.93. The van der Waals surface area contributed by atoms with E-state index in [0.29, 0.717) is 0 Å². The average Bonchev–Trinajstić information content (AvgIpc) is 2.26. The van der Waals surface area contributed by atoms with Crippen molar-refractivity contribution in [3.05, 3.63) is 0 Å². The zero-order valence-corrected chi connectivity index (χ0v) is 10.9. The molecule has 0 atom stereocenters. The molecular formula is C9H19NO6S. The number of ether oxygens (including phenoxy) is 2. The van der Waals surface area contributed by atoms with Crippen molar-refractivity contribution in [1.29, 1.82) is 0 Å². The molecule has 0 unspecified atom stereocenters. The summed E-state index contributed by atoms with van der Waals surface area (Å²) in [6.45, 7) is 0.912. The van der Waals surface area contributed by atoms with Crippen LogP contribution in [0, 0.1) is 0 Å². The molecule has 1 N–H and O–H groups in total. The molecule has 0 spiro atoms. The number of hydrogen-bond donors (Lipinski definition) is 1. The SMILES string of the molecule is COCCN(CCOC)S(=O)(=O)CCC(=O)O. The van der Waals surface area contributed by atoms with E-state index in [0.717, 1.165) is 0 Å². The van der Waals surface area contributed by atoms with E-state index >= 15 is 0 Å². The fourth-order valence-electron chi connectivity index (χ4n) is 1.12. The molecule has 0 aromatic carbocycles. The second kappa shape index (κ2) is 8.40. The Hall–Kier alpha value is -0.700. The van der Waals surface area contributed by atoms with Gasteiger partial charge in [-0.1, -0.05) is 0 Å². The van der Waals surface area contributed by atoms with Gasteiger partial charge in [-0.3, -0.25) is 4.79 Å². The van der Waals surface area contributed by atoms with Gasteiger partial charge in [0, 0.05) is 27.3 Å². The smallest absolute Gasteiger partial charge is 0.304 e. The van der Waals surface area contributed by atoms with Crippen LogP contribution in [0.2, 0.25) is 0 Å². The molecule has 0 aromatic heterocycles. The summed E-state index contributed by atoms with van der Waals surface area (Å²) in [5, 5.41) is 8.48. The molecule has 0 saturated heterocycles. The van der Waals surface area contributed by atoms with Gasteiger partial charge >= 0.3 is 5.97 Å². The zero-order chi connectivity index (χ0) is 13.3. The number of nitrogens with zero attached hydrogens (tertiary/aromatic N) is 1. The van der Waals surface area contributed by atoms with Gasteiger partial charge in [0.05, 0.1) is 25.4 Å². The summed E-state index contributed by atoms with van der Waals surface area (Å²) in [7, 11) is -0.628. The lowest BCUT2D eigenvalue weighted by Gasteiger charge is -2.21. The molecule has 0 radical (unpaired) electrons. The van der Waals surface area contributed by atoms with Crippen molar-refractivity contribution in [2.24, 2.45) is 0 Å². The maximum absolute atomic E-state index is 11.8. The van der Waals surface area contributed by atoms with Crippen LogP contribution in [-0.2, 0) is 24.3 Å². The van der Waals surface area contributed by atoms with Crippen molar-refractivity contribution in [1.82, 2.24) is 4.31 Å². The molecule has 17 heavy (non-hydrogen) atoms. The normalized spacial score (nSPS) is 11.9. The van der Waals surface area contributed by atoms with Crippen LogP contribution >= 0.6 is 0 Å². The highest BCUT2D eigenvalue weighted by Gasteiger charge is 2.22. The summed E-state index contributed by atoms with van der Waals surface area (Å²) < 4.78 is 34.4. The van der Waals surface area contributed by atoms with Crippen LogP contribution < -0.4 is 0 Å². The van der Waals surface area contributed by atoms with Gasteiger partial charge in [-0.25, -0.2) is 8.42 Å². The Morgan fingerprint density at radius 2 is 1.65 bits per heavy atom. The Kier molecular flexibility index (Phi) is 8.05. The second-order valence-electron chi connectivity index (χ2n) is 3.34. The summed E-state index contributed by atoms with van der Waals surface area (Å²) in [6.07, 6.45) is -0.404. The molecule has 0 fully saturated rings. The minimum absolute atomic E-state index is 0.196. The van der Waals surface area contributed by atoms with Gasteiger partial charge in [0.25, 0.3) is 0 Å². The fraction of sp³-hybridized carbons (Fsp3) is 0.889. The molecule has 0 aliphatic rings. The van der Waals surface area contributed by atoms with Crippen LogP contribution in [0.5, 0.6) is 0 Å². The van der Waals surface area contributed by atoms with Crippen molar-refractivity contribution in [2.75, 3.05) is 46.3 Å². The topological polar surface area (TPSA) is 93.1 Å². The number of rotatable bonds is 10. The molecule has 0 bridgehead atoms. The minimum atomic E-state index is -3.57. The molecule has 0 aromatic rings. The zero-order valence-electron chi connectivity index (χ0n) is 10.1. The minimum Gasteiger partial charge on any atom is -0.481 e. The van der Waals surface area contributed by atoms with Crippen molar-refractivity contribution in [3.8, 4) is 0 Å². The van der Waals surface area contributed by atoms with Crippen molar-refractivity contribution >= 4 is 16.0 Å². The summed E-state index contributed by atoms with van der Waals surface area (Å²) in [6, 6.07) is 0. The van der Waals surface area contributed by atoms with E-state index in [2.05, 4.69) is 0 Å². The fourth-order valence-corrected chi connectivity index (χ4v) is 2.52.